The Morgan fingerprint density at radius 2 is 2.00 bits per heavy atom. The number of thiazole rings is 1. The van der Waals surface area contributed by atoms with Crippen LogP contribution >= 0.6 is 11.3 Å². The van der Waals surface area contributed by atoms with Gasteiger partial charge in [0.05, 0.1) is 0 Å². The number of halogens is 2. The van der Waals surface area contributed by atoms with Crippen LogP contribution in [0.2, 0.25) is 0 Å². The van der Waals surface area contributed by atoms with Crippen molar-refractivity contribution < 1.29 is 13.6 Å². The Kier molecular flexibility index (Phi) is 3.85. The number of carbonyl (C=O) groups excluding carboxylic acids is 1. The number of hydrogen-bond donors (Lipinski definition) is 1. The Morgan fingerprint density at radius 3 is 2.65 bits per heavy atom. The number of carbonyl (C=O) groups is 1. The standard InChI is InChI=1S/C15H14F2N4OS/c1-7(2)13-19-20-15-21(13)8(3)12(23-15)14(22)18-9-4-5-10(16)11(17)6-9/h4-7H,1-3H3,(H,18,22). The zero-order chi connectivity index (χ0) is 16.7. The molecule has 1 aromatic carbocycles. The van der Waals surface area contributed by atoms with E-state index in [1.54, 1.807) is 6.92 Å². The first-order valence-corrected chi connectivity index (χ1v) is 7.81. The van der Waals surface area contributed by atoms with E-state index < -0.39 is 17.5 Å². The Balaban J connectivity index is 1.94. The van der Waals surface area contributed by atoms with Crippen LogP contribution < -0.4 is 5.32 Å². The number of aryl methyl sites for hydroxylation is 1. The number of benzene rings is 1. The Labute approximate surface area is 135 Å². The van der Waals surface area contributed by atoms with E-state index in [-0.39, 0.29) is 11.6 Å². The number of fused-ring (bicyclic) bond motifs is 1. The summed E-state index contributed by atoms with van der Waals surface area (Å²) in [6.45, 7) is 5.79. The third-order valence-electron chi connectivity index (χ3n) is 3.42. The fourth-order valence-corrected chi connectivity index (χ4v) is 3.24. The van der Waals surface area contributed by atoms with Gasteiger partial charge in [-0.05, 0) is 19.1 Å². The quantitative estimate of drug-likeness (QED) is 0.792. The molecule has 0 aliphatic heterocycles. The lowest BCUT2D eigenvalue weighted by Crippen LogP contribution is -2.12. The molecule has 0 aliphatic carbocycles. The Hall–Kier alpha value is -2.35. The van der Waals surface area contributed by atoms with Gasteiger partial charge in [0, 0.05) is 23.4 Å². The summed E-state index contributed by atoms with van der Waals surface area (Å²) in [5.74, 6) is -1.41. The number of anilines is 1. The molecule has 5 nitrogen and oxygen atoms in total. The summed E-state index contributed by atoms with van der Waals surface area (Å²) < 4.78 is 28.0. The maximum Gasteiger partial charge on any atom is 0.267 e. The van der Waals surface area contributed by atoms with Crippen molar-refractivity contribution >= 4 is 27.9 Å². The Morgan fingerprint density at radius 1 is 1.26 bits per heavy atom. The van der Waals surface area contributed by atoms with Crippen LogP contribution in [0.4, 0.5) is 14.5 Å². The largest absolute Gasteiger partial charge is 0.321 e. The van der Waals surface area contributed by atoms with E-state index in [9.17, 15) is 13.6 Å². The number of hydrogen-bond acceptors (Lipinski definition) is 4. The second-order valence-electron chi connectivity index (χ2n) is 5.43. The summed E-state index contributed by atoms with van der Waals surface area (Å²) in [4.78, 5) is 13.5. The van der Waals surface area contributed by atoms with Crippen molar-refractivity contribution in [2.75, 3.05) is 5.32 Å². The van der Waals surface area contributed by atoms with Crippen LogP contribution in [0.1, 0.15) is 41.0 Å². The minimum Gasteiger partial charge on any atom is -0.321 e. The van der Waals surface area contributed by atoms with Crippen molar-refractivity contribution in [2.24, 2.45) is 0 Å². The van der Waals surface area contributed by atoms with Crippen molar-refractivity contribution in [3.8, 4) is 0 Å². The molecule has 1 amide bonds. The minimum absolute atomic E-state index is 0.167. The molecule has 1 N–H and O–H groups in total. The van der Waals surface area contributed by atoms with Crippen LogP contribution in [0.5, 0.6) is 0 Å². The molecule has 0 bridgehead atoms. The molecule has 0 radical (unpaired) electrons. The fourth-order valence-electron chi connectivity index (χ4n) is 2.28. The highest BCUT2D eigenvalue weighted by atomic mass is 32.1. The summed E-state index contributed by atoms with van der Waals surface area (Å²) in [7, 11) is 0. The second kappa shape index (κ2) is 5.69. The van der Waals surface area contributed by atoms with Gasteiger partial charge < -0.3 is 5.32 Å². The summed E-state index contributed by atoms with van der Waals surface area (Å²) in [6, 6.07) is 3.23. The van der Waals surface area contributed by atoms with Gasteiger partial charge in [-0.15, -0.1) is 10.2 Å². The van der Waals surface area contributed by atoms with E-state index in [2.05, 4.69) is 15.5 Å². The van der Waals surface area contributed by atoms with Gasteiger partial charge in [-0.25, -0.2) is 8.78 Å². The topological polar surface area (TPSA) is 59.3 Å². The lowest BCUT2D eigenvalue weighted by molar-refractivity contribution is 0.102. The van der Waals surface area contributed by atoms with Gasteiger partial charge in [-0.2, -0.15) is 0 Å². The molecule has 0 fully saturated rings. The van der Waals surface area contributed by atoms with Gasteiger partial charge >= 0.3 is 0 Å². The number of nitrogens with one attached hydrogen (secondary N) is 1. The third kappa shape index (κ3) is 2.70. The first-order chi connectivity index (χ1) is 10.9. The average molecular weight is 336 g/mol. The van der Waals surface area contributed by atoms with E-state index in [1.807, 2.05) is 18.2 Å². The molecule has 3 aromatic rings. The lowest BCUT2D eigenvalue weighted by atomic mass is 10.2. The molecule has 0 aliphatic rings. The molecular weight excluding hydrogens is 322 g/mol. The maximum atomic E-state index is 13.2. The smallest absolute Gasteiger partial charge is 0.267 e. The predicted molar refractivity (Wildman–Crippen MR) is 84.0 cm³/mol. The molecule has 2 aromatic heterocycles. The molecule has 0 atom stereocenters. The molecular formula is C15H14F2N4OS. The van der Waals surface area contributed by atoms with Crippen molar-refractivity contribution in [3.63, 3.8) is 0 Å². The second-order valence-corrected chi connectivity index (χ2v) is 6.41. The van der Waals surface area contributed by atoms with Gasteiger partial charge in [-0.3, -0.25) is 9.20 Å². The van der Waals surface area contributed by atoms with E-state index >= 15 is 0 Å². The monoisotopic (exact) mass is 336 g/mol. The number of nitrogens with zero attached hydrogens (tertiary/aromatic N) is 3. The van der Waals surface area contributed by atoms with E-state index in [0.29, 0.717) is 9.84 Å². The van der Waals surface area contributed by atoms with Gasteiger partial charge in [-0.1, -0.05) is 25.2 Å². The third-order valence-corrected chi connectivity index (χ3v) is 4.55. The van der Waals surface area contributed by atoms with Gasteiger partial charge in [0.25, 0.3) is 5.91 Å². The minimum atomic E-state index is -1.01. The number of aromatic nitrogens is 3. The van der Waals surface area contributed by atoms with Crippen LogP contribution in [-0.4, -0.2) is 20.5 Å². The van der Waals surface area contributed by atoms with E-state index in [4.69, 9.17) is 0 Å². The average Bonchev–Trinajstić information content (AvgIpc) is 3.04. The van der Waals surface area contributed by atoms with Crippen molar-refractivity contribution in [1.82, 2.24) is 14.6 Å². The normalized spacial score (nSPS) is 11.4. The molecule has 0 saturated heterocycles. The molecule has 0 saturated carbocycles. The van der Waals surface area contributed by atoms with Crippen LogP contribution in [0, 0.1) is 18.6 Å². The van der Waals surface area contributed by atoms with Crippen LogP contribution in [0.25, 0.3) is 4.96 Å². The zero-order valence-electron chi connectivity index (χ0n) is 12.7. The number of rotatable bonds is 3. The van der Waals surface area contributed by atoms with Crippen molar-refractivity contribution in [2.45, 2.75) is 26.7 Å². The molecule has 3 rings (SSSR count). The first-order valence-electron chi connectivity index (χ1n) is 6.99. The Bertz CT molecular complexity index is 900. The highest BCUT2D eigenvalue weighted by Crippen LogP contribution is 2.26. The van der Waals surface area contributed by atoms with E-state index in [0.717, 1.165) is 23.7 Å². The molecule has 120 valence electrons. The van der Waals surface area contributed by atoms with Crippen molar-refractivity contribution in [3.05, 3.63) is 46.2 Å². The highest BCUT2D eigenvalue weighted by Gasteiger charge is 2.21. The van der Waals surface area contributed by atoms with E-state index in [1.165, 1.54) is 17.4 Å². The van der Waals surface area contributed by atoms with Gasteiger partial charge in [0.15, 0.2) is 11.6 Å². The zero-order valence-corrected chi connectivity index (χ0v) is 13.5. The first kappa shape index (κ1) is 15.5. The molecule has 8 heteroatoms. The molecule has 0 unspecified atom stereocenters. The SMILES string of the molecule is Cc1c(C(=O)Nc2ccc(F)c(F)c2)sc2nnc(C(C)C)n12. The molecule has 23 heavy (non-hydrogen) atoms. The summed E-state index contributed by atoms with van der Waals surface area (Å²) in [5, 5.41) is 10.8. The lowest BCUT2D eigenvalue weighted by Gasteiger charge is -2.06. The van der Waals surface area contributed by atoms with Gasteiger partial charge in [0.2, 0.25) is 4.96 Å². The van der Waals surface area contributed by atoms with Crippen LogP contribution in [0.3, 0.4) is 0 Å². The van der Waals surface area contributed by atoms with Crippen molar-refractivity contribution in [1.29, 1.82) is 0 Å². The van der Waals surface area contributed by atoms with Crippen LogP contribution in [-0.2, 0) is 0 Å². The summed E-state index contributed by atoms with van der Waals surface area (Å²) in [6.07, 6.45) is 0. The highest BCUT2D eigenvalue weighted by molar-refractivity contribution is 7.19. The van der Waals surface area contributed by atoms with Gasteiger partial charge in [0.1, 0.15) is 10.7 Å². The molecule has 2 heterocycles. The fraction of sp³-hybridized carbons (Fsp3) is 0.267. The predicted octanol–water partition coefficient (Wildman–Crippen LogP) is 3.75. The molecule has 0 spiro atoms. The maximum absolute atomic E-state index is 13.2. The van der Waals surface area contributed by atoms with Crippen LogP contribution in [0.15, 0.2) is 18.2 Å². The summed E-state index contributed by atoms with van der Waals surface area (Å²) >= 11 is 1.21. The summed E-state index contributed by atoms with van der Waals surface area (Å²) in [5.41, 5.74) is 0.917. The number of amides is 1.